The largest absolute Gasteiger partial charge is 0.468 e. The van der Waals surface area contributed by atoms with Gasteiger partial charge in [-0.1, -0.05) is 37.3 Å². The second-order valence-electron chi connectivity index (χ2n) is 8.35. The van der Waals surface area contributed by atoms with Crippen molar-refractivity contribution < 1.29 is 4.42 Å². The van der Waals surface area contributed by atoms with E-state index in [4.69, 9.17) is 9.41 Å². The molecule has 4 rings (SSSR count). The minimum absolute atomic E-state index is 0.166. The molecule has 1 fully saturated rings. The van der Waals surface area contributed by atoms with Crippen molar-refractivity contribution in [3.05, 3.63) is 72.2 Å². The molecule has 1 aromatic carbocycles. The van der Waals surface area contributed by atoms with E-state index >= 15 is 0 Å². The van der Waals surface area contributed by atoms with Crippen LogP contribution in [0.5, 0.6) is 0 Å². The first kappa shape index (κ1) is 23.0. The van der Waals surface area contributed by atoms with Gasteiger partial charge in [-0.3, -0.25) is 9.89 Å². The van der Waals surface area contributed by atoms with E-state index in [0.717, 1.165) is 63.1 Å². The fourth-order valence-corrected chi connectivity index (χ4v) is 4.28. The maximum absolute atomic E-state index is 5.77. The molecule has 0 saturated carbocycles. The average Bonchev–Trinajstić information content (AvgIpc) is 3.63. The number of benzene rings is 1. The Labute approximate surface area is 196 Å². The molecule has 0 aliphatic carbocycles. The lowest BCUT2D eigenvalue weighted by atomic mass is 10.1. The Kier molecular flexibility index (Phi) is 8.52. The van der Waals surface area contributed by atoms with Crippen LogP contribution in [0.4, 0.5) is 0 Å². The molecular weight excluding hydrogens is 414 g/mol. The predicted octanol–water partition coefficient (Wildman–Crippen LogP) is 3.05. The van der Waals surface area contributed by atoms with Gasteiger partial charge in [0.05, 0.1) is 18.8 Å². The second-order valence-corrected chi connectivity index (χ2v) is 8.35. The Morgan fingerprint density at radius 3 is 2.67 bits per heavy atom. The molecule has 1 aliphatic heterocycles. The predicted molar refractivity (Wildman–Crippen MR) is 130 cm³/mol. The van der Waals surface area contributed by atoms with Crippen LogP contribution in [0.15, 0.2) is 64.5 Å². The van der Waals surface area contributed by atoms with E-state index < -0.39 is 0 Å². The van der Waals surface area contributed by atoms with Gasteiger partial charge < -0.3 is 19.6 Å². The van der Waals surface area contributed by atoms with Crippen molar-refractivity contribution in [3.8, 4) is 0 Å². The Balaban J connectivity index is 1.39. The minimum Gasteiger partial charge on any atom is -0.468 e. The third kappa shape index (κ3) is 6.68. The molecule has 33 heavy (non-hydrogen) atoms. The van der Waals surface area contributed by atoms with Gasteiger partial charge in [0.25, 0.3) is 0 Å². The summed E-state index contributed by atoms with van der Waals surface area (Å²) in [4.78, 5) is 7.45. The van der Waals surface area contributed by atoms with E-state index in [1.54, 1.807) is 12.6 Å². The summed E-state index contributed by atoms with van der Waals surface area (Å²) in [5, 5.41) is 15.2. The number of aryl methyl sites for hydroxylation is 1. The van der Waals surface area contributed by atoms with Crippen LogP contribution in [-0.2, 0) is 19.4 Å². The second kappa shape index (κ2) is 12.2. The third-order valence-electron chi connectivity index (χ3n) is 6.08. The van der Waals surface area contributed by atoms with Crippen molar-refractivity contribution in [2.24, 2.45) is 4.99 Å². The number of hydrogen-bond acceptors (Lipinski definition) is 5. The zero-order chi connectivity index (χ0) is 22.7. The van der Waals surface area contributed by atoms with Crippen molar-refractivity contribution in [1.82, 2.24) is 30.3 Å². The van der Waals surface area contributed by atoms with Gasteiger partial charge in [0.2, 0.25) is 0 Å². The number of guanidine groups is 1. The first-order valence-electron chi connectivity index (χ1n) is 12.0. The smallest absolute Gasteiger partial charge is 0.191 e. The maximum atomic E-state index is 5.77. The van der Waals surface area contributed by atoms with Gasteiger partial charge in [0.1, 0.15) is 17.9 Å². The van der Waals surface area contributed by atoms with E-state index in [0.29, 0.717) is 6.54 Å². The van der Waals surface area contributed by atoms with Crippen LogP contribution in [0.3, 0.4) is 0 Å². The molecule has 0 amide bonds. The van der Waals surface area contributed by atoms with Gasteiger partial charge in [-0.25, -0.2) is 0 Å². The number of hydrogen-bond donors (Lipinski definition) is 2. The summed E-state index contributed by atoms with van der Waals surface area (Å²) >= 11 is 0. The van der Waals surface area contributed by atoms with Crippen LogP contribution < -0.4 is 10.6 Å². The summed E-state index contributed by atoms with van der Waals surface area (Å²) in [6.07, 6.45) is 7.84. The molecule has 1 saturated heterocycles. The first-order valence-corrected chi connectivity index (χ1v) is 12.0. The van der Waals surface area contributed by atoms with Gasteiger partial charge in [0.15, 0.2) is 5.96 Å². The lowest BCUT2D eigenvalue weighted by molar-refractivity contribution is 0.221. The molecule has 8 heteroatoms. The highest BCUT2D eigenvalue weighted by atomic mass is 16.3. The molecule has 0 spiro atoms. The van der Waals surface area contributed by atoms with Crippen molar-refractivity contribution in [3.63, 3.8) is 0 Å². The number of rotatable bonds is 11. The van der Waals surface area contributed by atoms with Crippen LogP contribution in [-0.4, -0.2) is 58.3 Å². The summed E-state index contributed by atoms with van der Waals surface area (Å²) in [7, 11) is 0. The molecular formula is C25H35N7O. The summed E-state index contributed by atoms with van der Waals surface area (Å²) in [6, 6.07) is 14.7. The minimum atomic E-state index is 0.166. The molecule has 0 radical (unpaired) electrons. The zero-order valence-electron chi connectivity index (χ0n) is 19.5. The molecule has 176 valence electrons. The lowest BCUT2D eigenvalue weighted by Gasteiger charge is -2.24. The average molecular weight is 450 g/mol. The van der Waals surface area contributed by atoms with Crippen LogP contribution in [0.25, 0.3) is 0 Å². The fraction of sp³-hybridized carbons (Fsp3) is 0.480. The number of aliphatic imine (C=N–C) groups is 1. The Morgan fingerprint density at radius 1 is 1.09 bits per heavy atom. The van der Waals surface area contributed by atoms with E-state index in [1.165, 1.54) is 18.4 Å². The van der Waals surface area contributed by atoms with Crippen LogP contribution in [0.2, 0.25) is 0 Å². The molecule has 3 aromatic rings. The highest BCUT2D eigenvalue weighted by Gasteiger charge is 2.25. The Hall–Kier alpha value is -3.13. The van der Waals surface area contributed by atoms with Gasteiger partial charge in [-0.2, -0.15) is 0 Å². The van der Waals surface area contributed by atoms with Crippen molar-refractivity contribution >= 4 is 5.96 Å². The molecule has 1 atom stereocenters. The van der Waals surface area contributed by atoms with Gasteiger partial charge in [-0.15, -0.1) is 10.2 Å². The summed E-state index contributed by atoms with van der Waals surface area (Å²) in [5.74, 6) is 2.81. The molecule has 2 N–H and O–H groups in total. The van der Waals surface area contributed by atoms with E-state index in [1.807, 2.05) is 12.1 Å². The van der Waals surface area contributed by atoms with Gasteiger partial charge >= 0.3 is 0 Å². The molecule has 2 aromatic heterocycles. The summed E-state index contributed by atoms with van der Waals surface area (Å²) in [5.41, 5.74) is 1.31. The molecule has 1 aliphatic rings. The van der Waals surface area contributed by atoms with Gasteiger partial charge in [-0.05, 0) is 50.0 Å². The van der Waals surface area contributed by atoms with Crippen molar-refractivity contribution in [2.75, 3.05) is 32.7 Å². The van der Waals surface area contributed by atoms with Crippen LogP contribution in [0.1, 0.15) is 43.0 Å². The number of furan rings is 1. The van der Waals surface area contributed by atoms with Gasteiger partial charge in [0, 0.05) is 26.1 Å². The molecule has 1 unspecified atom stereocenters. The Morgan fingerprint density at radius 2 is 1.91 bits per heavy atom. The van der Waals surface area contributed by atoms with Crippen molar-refractivity contribution in [1.29, 1.82) is 0 Å². The third-order valence-corrected chi connectivity index (χ3v) is 6.08. The SMILES string of the molecule is CCc1nncn1CCNC(=NCC(c1ccco1)N1CCCC1)NCCc1ccccc1. The topological polar surface area (TPSA) is 83.5 Å². The maximum Gasteiger partial charge on any atom is 0.191 e. The lowest BCUT2D eigenvalue weighted by Crippen LogP contribution is -2.40. The highest BCUT2D eigenvalue weighted by Crippen LogP contribution is 2.25. The number of likely N-dealkylation sites (tertiary alicyclic amines) is 1. The standard InChI is InChI=1S/C25H35N7O/c1-2-24-30-29-20-32(24)17-14-27-25(26-13-12-21-9-4-3-5-10-21)28-19-22(23-11-8-18-33-23)31-15-6-7-16-31/h3-5,8-11,18,20,22H,2,6-7,12-17,19H2,1H3,(H2,26,27,28). The van der Waals surface area contributed by atoms with E-state index in [-0.39, 0.29) is 6.04 Å². The van der Waals surface area contributed by atoms with Crippen molar-refractivity contribution in [2.45, 2.75) is 45.2 Å². The summed E-state index contributed by atoms with van der Waals surface area (Å²) < 4.78 is 7.85. The normalized spacial score (nSPS) is 15.6. The zero-order valence-corrected chi connectivity index (χ0v) is 19.5. The highest BCUT2D eigenvalue weighted by molar-refractivity contribution is 5.79. The van der Waals surface area contributed by atoms with E-state index in [9.17, 15) is 0 Å². The molecule has 8 nitrogen and oxygen atoms in total. The number of nitrogens with one attached hydrogen (secondary N) is 2. The van der Waals surface area contributed by atoms with Crippen LogP contribution >= 0.6 is 0 Å². The van der Waals surface area contributed by atoms with Crippen LogP contribution in [0, 0.1) is 0 Å². The molecule has 3 heterocycles. The quantitative estimate of drug-likeness (QED) is 0.346. The summed E-state index contributed by atoms with van der Waals surface area (Å²) in [6.45, 7) is 7.30. The molecule has 0 bridgehead atoms. The fourth-order valence-electron chi connectivity index (χ4n) is 4.28. The first-order chi connectivity index (χ1) is 16.3. The Bertz CT molecular complexity index is 962. The number of aromatic nitrogens is 3. The number of nitrogens with zero attached hydrogens (tertiary/aromatic N) is 5. The monoisotopic (exact) mass is 449 g/mol. The van der Waals surface area contributed by atoms with E-state index in [2.05, 4.69) is 67.6 Å².